The van der Waals surface area contributed by atoms with E-state index in [2.05, 4.69) is 50.4 Å². The molecule has 2 atom stereocenters. The van der Waals surface area contributed by atoms with E-state index in [1.807, 2.05) is 31.2 Å². The van der Waals surface area contributed by atoms with Crippen molar-refractivity contribution in [3.05, 3.63) is 69.7 Å². The van der Waals surface area contributed by atoms with E-state index in [0.717, 1.165) is 35.3 Å². The van der Waals surface area contributed by atoms with E-state index >= 15 is 0 Å². The number of hydrogen-bond acceptors (Lipinski definition) is 2. The minimum Gasteiger partial charge on any atom is -0.357 e. The van der Waals surface area contributed by atoms with Gasteiger partial charge in [-0.3, -0.25) is 4.79 Å². The average molecular weight is 429 g/mol. The van der Waals surface area contributed by atoms with Crippen molar-refractivity contribution in [2.75, 3.05) is 6.54 Å². The lowest BCUT2D eigenvalue weighted by atomic mass is 10.0. The predicted molar refractivity (Wildman–Crippen MR) is 111 cm³/mol. The van der Waals surface area contributed by atoms with Gasteiger partial charge < -0.3 is 10.2 Å². The minimum atomic E-state index is -0.480. The number of thiocarbonyl (C=S) groups is 1. The Kier molecular flexibility index (Phi) is 4.61. The Balaban J connectivity index is 1.52. The van der Waals surface area contributed by atoms with Gasteiger partial charge in [0.05, 0.1) is 11.6 Å². The van der Waals surface area contributed by atoms with Crippen LogP contribution in [0.1, 0.15) is 47.3 Å². The molecule has 5 heteroatoms. The van der Waals surface area contributed by atoms with Crippen molar-refractivity contribution in [1.82, 2.24) is 10.2 Å². The Morgan fingerprint density at radius 1 is 1.27 bits per heavy atom. The summed E-state index contributed by atoms with van der Waals surface area (Å²) in [5.74, 6) is -0.0789. The van der Waals surface area contributed by atoms with Gasteiger partial charge >= 0.3 is 0 Å². The van der Waals surface area contributed by atoms with Crippen LogP contribution in [0, 0.1) is 0 Å². The van der Waals surface area contributed by atoms with Crippen molar-refractivity contribution in [2.45, 2.75) is 37.8 Å². The fraction of sp³-hybridized carbons (Fsp3) is 0.333. The average Bonchev–Trinajstić information content (AvgIpc) is 3.17. The van der Waals surface area contributed by atoms with Gasteiger partial charge in [0.2, 0.25) is 0 Å². The monoisotopic (exact) mass is 428 g/mol. The third kappa shape index (κ3) is 3.08. The Labute approximate surface area is 167 Å². The lowest BCUT2D eigenvalue weighted by Crippen LogP contribution is -2.51. The molecule has 2 aromatic carbocycles. The highest BCUT2D eigenvalue weighted by Crippen LogP contribution is 2.40. The van der Waals surface area contributed by atoms with Crippen LogP contribution in [0.15, 0.2) is 53.0 Å². The molecule has 1 heterocycles. The number of halogens is 1. The molecule has 134 valence electrons. The minimum absolute atomic E-state index is 0.0789. The summed E-state index contributed by atoms with van der Waals surface area (Å²) in [6.07, 6.45) is 3.03. The number of aryl methyl sites for hydroxylation is 1. The van der Waals surface area contributed by atoms with Crippen molar-refractivity contribution in [3.8, 4) is 0 Å². The number of carbonyl (C=O) groups excluding carboxylic acids is 1. The second-order valence-corrected chi connectivity index (χ2v) is 8.60. The van der Waals surface area contributed by atoms with Crippen LogP contribution in [0.3, 0.4) is 0 Å². The molecule has 1 N–H and O–H groups in total. The van der Waals surface area contributed by atoms with Crippen LogP contribution in [0.2, 0.25) is 0 Å². The summed E-state index contributed by atoms with van der Waals surface area (Å²) < 4.78 is 0.897. The van der Waals surface area contributed by atoms with Crippen LogP contribution in [0.25, 0.3) is 0 Å². The Hall–Kier alpha value is -1.72. The maximum atomic E-state index is 12.7. The SMILES string of the molecule is CC1(NC(=O)c2cccc(Br)c2)CCN(C2CCc3ccccc32)C1=S. The molecule has 1 aliphatic heterocycles. The lowest BCUT2D eigenvalue weighted by molar-refractivity contribution is 0.0928. The van der Waals surface area contributed by atoms with Crippen LogP contribution >= 0.6 is 28.1 Å². The van der Waals surface area contributed by atoms with Gasteiger partial charge in [-0.25, -0.2) is 0 Å². The largest absolute Gasteiger partial charge is 0.357 e. The summed E-state index contributed by atoms with van der Waals surface area (Å²) in [6, 6.07) is 16.4. The first-order valence-corrected chi connectivity index (χ1v) is 10.1. The van der Waals surface area contributed by atoms with E-state index in [9.17, 15) is 4.79 Å². The normalized spacial score (nSPS) is 24.6. The standard InChI is InChI=1S/C21H21BrN2OS/c1-21(23-19(25)15-6-4-7-16(22)13-15)11-12-24(20(21)26)18-10-9-14-5-2-3-8-17(14)18/h2-8,13,18H,9-12H2,1H3,(H,23,25). The third-order valence-electron chi connectivity index (χ3n) is 5.54. The number of amides is 1. The van der Waals surface area contributed by atoms with Gasteiger partial charge in [-0.05, 0) is 55.5 Å². The van der Waals surface area contributed by atoms with Crippen molar-refractivity contribution in [3.63, 3.8) is 0 Å². The molecular weight excluding hydrogens is 408 g/mol. The molecule has 1 amide bonds. The number of nitrogens with zero attached hydrogens (tertiary/aromatic N) is 1. The Morgan fingerprint density at radius 2 is 2.08 bits per heavy atom. The maximum Gasteiger partial charge on any atom is 0.252 e. The number of hydrogen-bond donors (Lipinski definition) is 1. The Bertz CT molecular complexity index is 884. The summed E-state index contributed by atoms with van der Waals surface area (Å²) in [5, 5.41) is 3.18. The molecule has 0 bridgehead atoms. The van der Waals surface area contributed by atoms with E-state index in [1.54, 1.807) is 0 Å². The highest BCUT2D eigenvalue weighted by Gasteiger charge is 2.44. The molecule has 0 radical (unpaired) electrons. The highest BCUT2D eigenvalue weighted by atomic mass is 79.9. The van der Waals surface area contributed by atoms with Crippen molar-refractivity contribution in [1.29, 1.82) is 0 Å². The van der Waals surface area contributed by atoms with E-state index in [0.29, 0.717) is 11.6 Å². The van der Waals surface area contributed by atoms with Crippen LogP contribution in [-0.2, 0) is 6.42 Å². The van der Waals surface area contributed by atoms with Crippen LogP contribution in [0.5, 0.6) is 0 Å². The molecule has 2 aliphatic rings. The number of rotatable bonds is 3. The van der Waals surface area contributed by atoms with Gasteiger partial charge in [0.15, 0.2) is 0 Å². The molecule has 4 rings (SSSR count). The van der Waals surface area contributed by atoms with Crippen LogP contribution in [-0.4, -0.2) is 27.9 Å². The van der Waals surface area contributed by atoms with Gasteiger partial charge in [0.1, 0.15) is 4.99 Å². The first-order chi connectivity index (χ1) is 12.5. The second-order valence-electron chi connectivity index (χ2n) is 7.30. The van der Waals surface area contributed by atoms with Crippen molar-refractivity contribution < 1.29 is 4.79 Å². The number of likely N-dealkylation sites (tertiary alicyclic amines) is 1. The van der Waals surface area contributed by atoms with Gasteiger partial charge in [-0.15, -0.1) is 0 Å². The maximum absolute atomic E-state index is 12.7. The quantitative estimate of drug-likeness (QED) is 0.721. The molecule has 0 aromatic heterocycles. The molecule has 1 aliphatic carbocycles. The summed E-state index contributed by atoms with van der Waals surface area (Å²) in [6.45, 7) is 2.93. The number of benzene rings is 2. The van der Waals surface area contributed by atoms with E-state index in [4.69, 9.17) is 12.2 Å². The molecule has 1 saturated heterocycles. The Morgan fingerprint density at radius 3 is 2.88 bits per heavy atom. The smallest absolute Gasteiger partial charge is 0.252 e. The molecule has 0 spiro atoms. The van der Waals surface area contributed by atoms with Crippen molar-refractivity contribution in [2.24, 2.45) is 0 Å². The summed E-state index contributed by atoms with van der Waals surface area (Å²) in [5.41, 5.74) is 2.98. The van der Waals surface area contributed by atoms with Crippen LogP contribution in [0.4, 0.5) is 0 Å². The third-order valence-corrected chi connectivity index (χ3v) is 6.72. The number of carbonyl (C=O) groups is 1. The van der Waals surface area contributed by atoms with E-state index in [1.165, 1.54) is 11.1 Å². The lowest BCUT2D eigenvalue weighted by Gasteiger charge is -2.31. The predicted octanol–water partition coefficient (Wildman–Crippen LogP) is 4.66. The number of fused-ring (bicyclic) bond motifs is 1. The fourth-order valence-corrected chi connectivity index (χ4v) is 4.86. The summed E-state index contributed by atoms with van der Waals surface area (Å²) in [4.78, 5) is 15.9. The number of nitrogens with one attached hydrogen (secondary N) is 1. The molecule has 2 aromatic rings. The van der Waals surface area contributed by atoms with Crippen LogP contribution < -0.4 is 5.32 Å². The van der Waals surface area contributed by atoms with Gasteiger partial charge in [-0.2, -0.15) is 0 Å². The summed E-state index contributed by atoms with van der Waals surface area (Å²) in [7, 11) is 0. The first-order valence-electron chi connectivity index (χ1n) is 8.95. The fourth-order valence-electron chi connectivity index (χ4n) is 4.09. The summed E-state index contributed by atoms with van der Waals surface area (Å²) >= 11 is 9.26. The second kappa shape index (κ2) is 6.78. The molecule has 0 saturated carbocycles. The van der Waals surface area contributed by atoms with E-state index in [-0.39, 0.29) is 5.91 Å². The van der Waals surface area contributed by atoms with Gasteiger partial charge in [-0.1, -0.05) is 58.5 Å². The van der Waals surface area contributed by atoms with Crippen molar-refractivity contribution >= 4 is 39.0 Å². The molecule has 26 heavy (non-hydrogen) atoms. The van der Waals surface area contributed by atoms with E-state index < -0.39 is 5.54 Å². The van der Waals surface area contributed by atoms with Gasteiger partial charge in [0, 0.05) is 16.6 Å². The topological polar surface area (TPSA) is 32.3 Å². The molecular formula is C21H21BrN2OS. The zero-order valence-corrected chi connectivity index (χ0v) is 17.1. The zero-order chi connectivity index (χ0) is 18.3. The zero-order valence-electron chi connectivity index (χ0n) is 14.7. The van der Waals surface area contributed by atoms with Gasteiger partial charge in [0.25, 0.3) is 5.91 Å². The highest BCUT2D eigenvalue weighted by molar-refractivity contribution is 9.10. The molecule has 3 nitrogen and oxygen atoms in total. The molecule has 2 unspecified atom stereocenters. The molecule has 1 fully saturated rings. The first kappa shape index (κ1) is 17.7.